The monoisotopic (exact) mass is 429 g/mol. The topological polar surface area (TPSA) is 59.6 Å². The van der Waals surface area contributed by atoms with Gasteiger partial charge in [-0.15, -0.1) is 0 Å². The summed E-state index contributed by atoms with van der Waals surface area (Å²) < 4.78 is 63.0. The summed E-state index contributed by atoms with van der Waals surface area (Å²) in [5.41, 5.74) is 1.23. The van der Waals surface area contributed by atoms with Crippen molar-refractivity contribution in [3.63, 3.8) is 0 Å². The lowest BCUT2D eigenvalue weighted by Crippen LogP contribution is -2.37. The van der Waals surface area contributed by atoms with Gasteiger partial charge in [-0.1, -0.05) is 35.5 Å². The molecule has 0 fully saturated rings. The van der Waals surface area contributed by atoms with Gasteiger partial charge in [0, 0.05) is 5.39 Å². The van der Waals surface area contributed by atoms with Crippen LogP contribution >= 0.6 is 0 Å². The van der Waals surface area contributed by atoms with Gasteiger partial charge in [-0.2, -0.15) is 18.3 Å². The van der Waals surface area contributed by atoms with Gasteiger partial charge in [0.2, 0.25) is 0 Å². The van der Waals surface area contributed by atoms with E-state index in [0.29, 0.717) is 16.6 Å². The highest BCUT2D eigenvalue weighted by atomic mass is 19.3. The number of alkyl halides is 2. The molecule has 1 atom stereocenters. The molecular weight excluding hydrogens is 414 g/mol. The summed E-state index contributed by atoms with van der Waals surface area (Å²) in [7, 11) is 0. The molecule has 1 aromatic heterocycles. The van der Waals surface area contributed by atoms with Gasteiger partial charge >= 0.3 is 5.92 Å². The van der Waals surface area contributed by atoms with Gasteiger partial charge < -0.3 is 9.94 Å². The van der Waals surface area contributed by atoms with Gasteiger partial charge in [0.05, 0.1) is 17.4 Å². The third-order valence-electron chi connectivity index (χ3n) is 4.66. The molecule has 0 saturated heterocycles. The van der Waals surface area contributed by atoms with Crippen LogP contribution in [0.1, 0.15) is 11.7 Å². The summed E-state index contributed by atoms with van der Waals surface area (Å²) in [5.74, 6) is -6.83. The Morgan fingerprint density at radius 2 is 1.74 bits per heavy atom. The number of aromatic nitrogens is 2. The first-order chi connectivity index (χ1) is 14.9. The van der Waals surface area contributed by atoms with E-state index in [9.17, 15) is 17.6 Å². The minimum Gasteiger partial charge on any atom is -0.479 e. The van der Waals surface area contributed by atoms with E-state index in [-0.39, 0.29) is 17.1 Å². The number of ether oxygens (including phenoxy) is 1. The van der Waals surface area contributed by atoms with Crippen LogP contribution in [0.5, 0.6) is 5.75 Å². The Hall–Kier alpha value is -3.88. The van der Waals surface area contributed by atoms with E-state index < -0.39 is 18.0 Å². The predicted octanol–water partition coefficient (Wildman–Crippen LogP) is 5.68. The van der Waals surface area contributed by atoms with Gasteiger partial charge in [0.25, 0.3) is 5.97 Å². The number of rotatable bonds is 6. The zero-order valence-electron chi connectivity index (χ0n) is 15.8. The number of fused-ring (bicyclic) bond motifs is 1. The third-order valence-corrected chi connectivity index (χ3v) is 4.66. The van der Waals surface area contributed by atoms with Crippen molar-refractivity contribution in [3.05, 3.63) is 90.4 Å². The summed E-state index contributed by atoms with van der Waals surface area (Å²) in [4.78, 5) is 0. The van der Waals surface area contributed by atoms with Crippen molar-refractivity contribution in [2.45, 2.75) is 12.0 Å². The Morgan fingerprint density at radius 3 is 2.42 bits per heavy atom. The van der Waals surface area contributed by atoms with Crippen LogP contribution in [-0.4, -0.2) is 26.9 Å². The van der Waals surface area contributed by atoms with E-state index in [1.165, 1.54) is 54.7 Å². The van der Waals surface area contributed by atoms with Crippen LogP contribution in [0.25, 0.3) is 16.6 Å². The number of benzene rings is 3. The highest BCUT2D eigenvalue weighted by Gasteiger charge is 2.49. The smallest absolute Gasteiger partial charge is 0.359 e. The van der Waals surface area contributed by atoms with E-state index in [1.54, 1.807) is 28.9 Å². The molecular formula is C22H15F4N3O2. The Labute approximate surface area is 173 Å². The third kappa shape index (κ3) is 3.94. The second kappa shape index (κ2) is 8.10. The molecule has 158 valence electrons. The Morgan fingerprint density at radius 1 is 1.03 bits per heavy atom. The standard InChI is InChI=1S/C22H15F4N3O2/c23-16-6-8-17(9-7-16)29-19-11-10-18(12-15(19)13-27-29)31-20(14-4-2-1-3-5-14)22(25,26)21(24)28-30/h1-13,20,30H. The minimum absolute atomic E-state index is 0.00611. The minimum atomic E-state index is -4.22. The van der Waals surface area contributed by atoms with Gasteiger partial charge in [0.1, 0.15) is 11.6 Å². The Kier molecular flexibility index (Phi) is 5.33. The second-order valence-electron chi connectivity index (χ2n) is 6.68. The van der Waals surface area contributed by atoms with Crippen LogP contribution in [0.15, 0.2) is 84.1 Å². The molecule has 0 aliphatic carbocycles. The molecule has 1 heterocycles. The van der Waals surface area contributed by atoms with E-state index in [2.05, 4.69) is 5.10 Å². The maximum atomic E-state index is 14.6. The van der Waals surface area contributed by atoms with Crippen molar-refractivity contribution in [2.75, 3.05) is 0 Å². The molecule has 0 bridgehead atoms. The number of hydrogen-bond acceptors (Lipinski definition) is 4. The van der Waals surface area contributed by atoms with Crippen LogP contribution in [0.4, 0.5) is 17.6 Å². The van der Waals surface area contributed by atoms with E-state index in [4.69, 9.17) is 9.94 Å². The average molecular weight is 429 g/mol. The number of hydrogen-bond donors (Lipinski definition) is 1. The van der Waals surface area contributed by atoms with Gasteiger partial charge in [0.15, 0.2) is 6.10 Å². The lowest BCUT2D eigenvalue weighted by atomic mass is 10.0. The molecule has 0 saturated carbocycles. The molecule has 31 heavy (non-hydrogen) atoms. The quantitative estimate of drug-likeness (QED) is 0.186. The van der Waals surface area contributed by atoms with E-state index in [1.807, 2.05) is 5.16 Å². The fourth-order valence-corrected chi connectivity index (χ4v) is 3.16. The molecule has 0 aliphatic heterocycles. The first-order valence-electron chi connectivity index (χ1n) is 9.11. The molecule has 0 spiro atoms. The Balaban J connectivity index is 1.71. The highest BCUT2D eigenvalue weighted by molar-refractivity contribution is 5.83. The SMILES string of the molecule is ON=C(F)C(F)(F)C(Oc1ccc2c(cnn2-c2ccc(F)cc2)c1)c1ccccc1. The molecule has 4 rings (SSSR count). The first kappa shape index (κ1) is 20.4. The maximum absolute atomic E-state index is 14.6. The number of halogens is 4. The summed E-state index contributed by atoms with van der Waals surface area (Å²) in [6, 6.07) is 17.5. The van der Waals surface area contributed by atoms with Crippen LogP contribution in [-0.2, 0) is 0 Å². The lowest BCUT2D eigenvalue weighted by Gasteiger charge is -2.25. The zero-order chi connectivity index (χ0) is 22.0. The number of oxime groups is 1. The summed E-state index contributed by atoms with van der Waals surface area (Å²) >= 11 is 0. The second-order valence-corrected chi connectivity index (χ2v) is 6.68. The van der Waals surface area contributed by atoms with Crippen LogP contribution in [0.2, 0.25) is 0 Å². The van der Waals surface area contributed by atoms with Crippen molar-refractivity contribution in [3.8, 4) is 11.4 Å². The van der Waals surface area contributed by atoms with E-state index in [0.717, 1.165) is 0 Å². The summed E-state index contributed by atoms with van der Waals surface area (Å²) in [5, 5.41) is 15.4. The molecule has 0 amide bonds. The van der Waals surface area contributed by atoms with Crippen molar-refractivity contribution in [1.82, 2.24) is 9.78 Å². The molecule has 1 N–H and O–H groups in total. The largest absolute Gasteiger partial charge is 0.479 e. The van der Waals surface area contributed by atoms with Crippen molar-refractivity contribution in [2.24, 2.45) is 5.16 Å². The Bertz CT molecular complexity index is 1220. The molecule has 9 heteroatoms. The van der Waals surface area contributed by atoms with Crippen molar-refractivity contribution < 1.29 is 27.5 Å². The van der Waals surface area contributed by atoms with Crippen molar-refractivity contribution >= 4 is 16.9 Å². The summed E-state index contributed by atoms with van der Waals surface area (Å²) in [6.07, 6.45) is -0.578. The zero-order valence-corrected chi connectivity index (χ0v) is 15.8. The molecule has 5 nitrogen and oxygen atoms in total. The first-order valence-corrected chi connectivity index (χ1v) is 9.11. The van der Waals surface area contributed by atoms with Crippen LogP contribution in [0.3, 0.4) is 0 Å². The van der Waals surface area contributed by atoms with Crippen molar-refractivity contribution in [1.29, 1.82) is 0 Å². The van der Waals surface area contributed by atoms with Crippen LogP contribution in [0, 0.1) is 5.82 Å². The number of nitrogens with zero attached hydrogens (tertiary/aromatic N) is 3. The summed E-state index contributed by atoms with van der Waals surface area (Å²) in [6.45, 7) is 0. The molecule has 3 aromatic carbocycles. The fraction of sp³-hybridized carbons (Fsp3) is 0.0909. The molecule has 0 aliphatic rings. The molecule has 0 radical (unpaired) electrons. The van der Waals surface area contributed by atoms with E-state index >= 15 is 0 Å². The normalized spacial score (nSPS) is 13.4. The van der Waals surface area contributed by atoms with Crippen LogP contribution < -0.4 is 4.74 Å². The molecule has 4 aromatic rings. The predicted molar refractivity (Wildman–Crippen MR) is 106 cm³/mol. The average Bonchev–Trinajstić information content (AvgIpc) is 3.21. The highest BCUT2D eigenvalue weighted by Crippen LogP contribution is 2.38. The van der Waals surface area contributed by atoms with Gasteiger partial charge in [-0.3, -0.25) is 0 Å². The van der Waals surface area contributed by atoms with Gasteiger partial charge in [-0.05, 0) is 48.0 Å². The maximum Gasteiger partial charge on any atom is 0.359 e. The van der Waals surface area contributed by atoms with Gasteiger partial charge in [-0.25, -0.2) is 9.07 Å². The molecule has 1 unspecified atom stereocenters. The lowest BCUT2D eigenvalue weighted by molar-refractivity contribution is -0.0500. The fourth-order valence-electron chi connectivity index (χ4n) is 3.16.